The second-order valence-electron chi connectivity index (χ2n) is 4.50. The van der Waals surface area contributed by atoms with Gasteiger partial charge in [-0.3, -0.25) is 0 Å². The summed E-state index contributed by atoms with van der Waals surface area (Å²) >= 11 is 1.40. The van der Waals surface area contributed by atoms with Gasteiger partial charge >= 0.3 is 5.97 Å². The molecule has 0 spiro atoms. The highest BCUT2D eigenvalue weighted by atomic mass is 32.1. The summed E-state index contributed by atoms with van der Waals surface area (Å²) in [6, 6.07) is 7.45. The van der Waals surface area contributed by atoms with Gasteiger partial charge in [-0.25, -0.2) is 14.5 Å². The number of nitrogens with zero attached hydrogens (tertiary/aromatic N) is 3. The number of carbonyl (C=O) groups is 1. The molecule has 0 fully saturated rings. The molecule has 3 aromatic rings. The molecule has 0 unspecified atom stereocenters. The monoisotopic (exact) mass is 300 g/mol. The van der Waals surface area contributed by atoms with Crippen LogP contribution in [0.15, 0.2) is 35.8 Å². The molecule has 2 aromatic heterocycles. The summed E-state index contributed by atoms with van der Waals surface area (Å²) < 4.78 is 1.53. The standard InChI is InChI=1S/C14H12N4O2S/c1-8-11(13(19)20)6-16-18(8)14-17-12(7-21-14)9-3-2-4-10(15)5-9/h2-7H,15H2,1H3,(H,19,20). The summed E-state index contributed by atoms with van der Waals surface area (Å²) in [4.78, 5) is 15.5. The van der Waals surface area contributed by atoms with Crippen LogP contribution in [0, 0.1) is 6.92 Å². The molecule has 0 atom stereocenters. The van der Waals surface area contributed by atoms with Gasteiger partial charge in [-0.1, -0.05) is 12.1 Å². The van der Waals surface area contributed by atoms with Crippen LogP contribution >= 0.6 is 11.3 Å². The van der Waals surface area contributed by atoms with Crippen molar-refractivity contribution in [1.82, 2.24) is 14.8 Å². The van der Waals surface area contributed by atoms with Gasteiger partial charge in [-0.05, 0) is 19.1 Å². The predicted octanol–water partition coefficient (Wildman–Crippen LogP) is 2.58. The minimum Gasteiger partial charge on any atom is -0.478 e. The molecule has 106 valence electrons. The van der Waals surface area contributed by atoms with Crippen molar-refractivity contribution in [3.05, 3.63) is 47.1 Å². The molecule has 2 heterocycles. The fourth-order valence-corrected chi connectivity index (χ4v) is 2.85. The molecule has 0 saturated carbocycles. The van der Waals surface area contributed by atoms with E-state index in [0.29, 0.717) is 16.5 Å². The number of hydrogen-bond acceptors (Lipinski definition) is 5. The first kappa shape index (κ1) is 13.3. The number of aromatic carboxylic acids is 1. The Kier molecular flexibility index (Phi) is 3.19. The highest BCUT2D eigenvalue weighted by Crippen LogP contribution is 2.26. The van der Waals surface area contributed by atoms with E-state index in [1.165, 1.54) is 22.2 Å². The van der Waals surface area contributed by atoms with E-state index in [4.69, 9.17) is 10.8 Å². The lowest BCUT2D eigenvalue weighted by atomic mass is 10.1. The minimum atomic E-state index is -0.994. The molecule has 0 radical (unpaired) electrons. The third-order valence-corrected chi connectivity index (χ3v) is 3.91. The first-order chi connectivity index (χ1) is 10.1. The van der Waals surface area contributed by atoms with Gasteiger partial charge in [0.2, 0.25) is 5.13 Å². The van der Waals surface area contributed by atoms with E-state index in [-0.39, 0.29) is 5.56 Å². The lowest BCUT2D eigenvalue weighted by molar-refractivity contribution is 0.0696. The first-order valence-electron chi connectivity index (χ1n) is 6.16. The van der Waals surface area contributed by atoms with Crippen LogP contribution in [-0.2, 0) is 0 Å². The van der Waals surface area contributed by atoms with Crippen LogP contribution in [-0.4, -0.2) is 25.8 Å². The van der Waals surface area contributed by atoms with Crippen molar-refractivity contribution in [1.29, 1.82) is 0 Å². The van der Waals surface area contributed by atoms with Crippen LogP contribution in [0.5, 0.6) is 0 Å². The lowest BCUT2D eigenvalue weighted by Gasteiger charge is -2.00. The van der Waals surface area contributed by atoms with Crippen molar-refractivity contribution in [3.8, 4) is 16.4 Å². The third-order valence-electron chi connectivity index (χ3n) is 3.10. The maximum atomic E-state index is 11.0. The molecule has 3 N–H and O–H groups in total. The molecule has 6 nitrogen and oxygen atoms in total. The normalized spacial score (nSPS) is 10.7. The number of rotatable bonds is 3. The van der Waals surface area contributed by atoms with Crippen molar-refractivity contribution in [2.75, 3.05) is 5.73 Å². The number of carboxylic acid groups (broad SMARTS) is 1. The van der Waals surface area contributed by atoms with Gasteiger partial charge in [0.15, 0.2) is 0 Å². The average molecular weight is 300 g/mol. The molecule has 0 aliphatic heterocycles. The van der Waals surface area contributed by atoms with Crippen LogP contribution in [0.1, 0.15) is 16.1 Å². The van der Waals surface area contributed by atoms with E-state index in [1.807, 2.05) is 29.6 Å². The largest absolute Gasteiger partial charge is 0.478 e. The highest BCUT2D eigenvalue weighted by molar-refractivity contribution is 7.12. The summed E-state index contributed by atoms with van der Waals surface area (Å²) in [6.45, 7) is 1.71. The van der Waals surface area contributed by atoms with Crippen LogP contribution in [0.3, 0.4) is 0 Å². The maximum Gasteiger partial charge on any atom is 0.339 e. The van der Waals surface area contributed by atoms with Gasteiger partial charge in [0.1, 0.15) is 5.56 Å². The van der Waals surface area contributed by atoms with Crippen LogP contribution in [0.25, 0.3) is 16.4 Å². The Bertz CT molecular complexity index is 822. The average Bonchev–Trinajstić information content (AvgIpc) is 3.05. The van der Waals surface area contributed by atoms with Gasteiger partial charge < -0.3 is 10.8 Å². The zero-order valence-electron chi connectivity index (χ0n) is 11.1. The molecule has 0 bridgehead atoms. The predicted molar refractivity (Wildman–Crippen MR) is 80.8 cm³/mol. The minimum absolute atomic E-state index is 0.177. The van der Waals surface area contributed by atoms with E-state index < -0.39 is 5.97 Å². The van der Waals surface area contributed by atoms with Crippen LogP contribution < -0.4 is 5.73 Å². The highest BCUT2D eigenvalue weighted by Gasteiger charge is 2.16. The van der Waals surface area contributed by atoms with Crippen molar-refractivity contribution in [2.45, 2.75) is 6.92 Å². The summed E-state index contributed by atoms with van der Waals surface area (Å²) in [5, 5.41) is 15.7. The summed E-state index contributed by atoms with van der Waals surface area (Å²) in [5.74, 6) is -0.994. The fraction of sp³-hybridized carbons (Fsp3) is 0.0714. The van der Waals surface area contributed by atoms with Crippen LogP contribution in [0.4, 0.5) is 5.69 Å². The molecule has 0 aliphatic rings. The Labute approximate surface area is 124 Å². The number of benzene rings is 1. The zero-order chi connectivity index (χ0) is 15.0. The van der Waals surface area contributed by atoms with Gasteiger partial charge in [0.05, 0.1) is 17.6 Å². The third kappa shape index (κ3) is 2.38. The molecule has 21 heavy (non-hydrogen) atoms. The maximum absolute atomic E-state index is 11.0. The Morgan fingerprint density at radius 3 is 2.90 bits per heavy atom. The van der Waals surface area contributed by atoms with Gasteiger partial charge in [-0.15, -0.1) is 11.3 Å². The molecular weight excluding hydrogens is 288 g/mol. The van der Waals surface area contributed by atoms with Gasteiger partial charge in [0, 0.05) is 16.6 Å². The first-order valence-corrected chi connectivity index (χ1v) is 7.04. The number of carboxylic acids is 1. The number of hydrogen-bond donors (Lipinski definition) is 2. The van der Waals surface area contributed by atoms with Gasteiger partial charge in [-0.2, -0.15) is 5.10 Å². The molecule has 0 saturated heterocycles. The van der Waals surface area contributed by atoms with E-state index >= 15 is 0 Å². The zero-order valence-corrected chi connectivity index (χ0v) is 12.0. The molecule has 0 amide bonds. The SMILES string of the molecule is Cc1c(C(=O)O)cnn1-c1nc(-c2cccc(N)c2)cs1. The smallest absolute Gasteiger partial charge is 0.339 e. The number of thiazole rings is 1. The topological polar surface area (TPSA) is 94.0 Å². The number of nitrogen functional groups attached to an aromatic ring is 1. The summed E-state index contributed by atoms with van der Waals surface area (Å²) in [7, 11) is 0. The van der Waals surface area contributed by atoms with Crippen molar-refractivity contribution in [2.24, 2.45) is 0 Å². The Balaban J connectivity index is 2.01. The second kappa shape index (κ2) is 5.02. The number of anilines is 1. The van der Waals surface area contributed by atoms with Crippen LogP contribution in [0.2, 0.25) is 0 Å². The van der Waals surface area contributed by atoms with Crippen molar-refractivity contribution < 1.29 is 9.90 Å². The molecule has 3 rings (SSSR count). The van der Waals surface area contributed by atoms with Crippen molar-refractivity contribution >= 4 is 23.0 Å². The summed E-state index contributed by atoms with van der Waals surface area (Å²) in [6.07, 6.45) is 1.33. The lowest BCUT2D eigenvalue weighted by Crippen LogP contribution is -2.02. The Hall–Kier alpha value is -2.67. The van der Waals surface area contributed by atoms with E-state index in [1.54, 1.807) is 6.92 Å². The van der Waals surface area contributed by atoms with E-state index in [0.717, 1.165) is 11.3 Å². The van der Waals surface area contributed by atoms with E-state index in [9.17, 15) is 4.79 Å². The Morgan fingerprint density at radius 2 is 2.24 bits per heavy atom. The van der Waals surface area contributed by atoms with E-state index in [2.05, 4.69) is 10.1 Å². The molecule has 0 aliphatic carbocycles. The number of nitrogens with two attached hydrogens (primary N) is 1. The Morgan fingerprint density at radius 1 is 1.43 bits per heavy atom. The molecule has 1 aromatic carbocycles. The van der Waals surface area contributed by atoms with Crippen molar-refractivity contribution in [3.63, 3.8) is 0 Å². The number of aromatic nitrogens is 3. The molecular formula is C14H12N4O2S. The second-order valence-corrected chi connectivity index (χ2v) is 5.34. The quantitative estimate of drug-likeness (QED) is 0.725. The fourth-order valence-electron chi connectivity index (χ4n) is 2.00. The summed E-state index contributed by atoms with van der Waals surface area (Å²) in [5.41, 5.74) is 8.87. The van der Waals surface area contributed by atoms with Gasteiger partial charge in [0.25, 0.3) is 0 Å². The molecule has 7 heteroatoms.